The summed E-state index contributed by atoms with van der Waals surface area (Å²) in [5, 5.41) is 12.9. The van der Waals surface area contributed by atoms with Crippen LogP contribution in [-0.4, -0.2) is 27.7 Å². The fourth-order valence-corrected chi connectivity index (χ4v) is 2.23. The number of fused-ring (bicyclic) bond motifs is 1. The number of aromatic nitrogens is 2. The molecular formula is C14H19FN4O. The molecule has 108 valence electrons. The molecule has 5 nitrogen and oxygen atoms in total. The van der Waals surface area contributed by atoms with Crippen molar-refractivity contribution in [1.82, 2.24) is 9.97 Å². The number of nitrogen functional groups attached to an aromatic ring is 1. The first kappa shape index (κ1) is 14.5. The van der Waals surface area contributed by atoms with E-state index in [1.807, 2.05) is 0 Å². The highest BCUT2D eigenvalue weighted by atomic mass is 19.1. The van der Waals surface area contributed by atoms with Crippen LogP contribution in [0.15, 0.2) is 18.2 Å². The molecule has 0 unspecified atom stereocenters. The van der Waals surface area contributed by atoms with Gasteiger partial charge in [-0.25, -0.2) is 9.37 Å². The van der Waals surface area contributed by atoms with Crippen molar-refractivity contribution in [2.24, 2.45) is 0 Å². The molecule has 0 radical (unpaired) electrons. The minimum absolute atomic E-state index is 0.0318. The SMILES string of the molecule is CCC[C@@H](CCO)Nc1nc(N)nc2c(F)cccc12. The van der Waals surface area contributed by atoms with Gasteiger partial charge in [0.2, 0.25) is 5.95 Å². The minimum Gasteiger partial charge on any atom is -0.396 e. The van der Waals surface area contributed by atoms with Crippen LogP contribution in [0.5, 0.6) is 0 Å². The standard InChI is InChI=1S/C14H19FN4O/c1-2-4-9(7-8-20)17-13-10-5-3-6-11(15)12(10)18-14(16)19-13/h3,5-6,9,20H,2,4,7-8H2,1H3,(H3,16,17,18,19)/t9-/m0/s1. The number of hydrogen-bond donors (Lipinski definition) is 3. The number of aliphatic hydroxyl groups is 1. The van der Waals surface area contributed by atoms with E-state index >= 15 is 0 Å². The Morgan fingerprint density at radius 3 is 2.85 bits per heavy atom. The third-order valence-electron chi connectivity index (χ3n) is 3.15. The van der Waals surface area contributed by atoms with Crippen molar-refractivity contribution < 1.29 is 9.50 Å². The average molecular weight is 278 g/mol. The topological polar surface area (TPSA) is 84.1 Å². The molecular weight excluding hydrogens is 259 g/mol. The Bertz CT molecular complexity index is 585. The fraction of sp³-hybridized carbons (Fsp3) is 0.429. The van der Waals surface area contributed by atoms with Crippen molar-refractivity contribution in [2.45, 2.75) is 32.2 Å². The highest BCUT2D eigenvalue weighted by molar-refractivity contribution is 5.90. The van der Waals surface area contributed by atoms with Crippen LogP contribution >= 0.6 is 0 Å². The van der Waals surface area contributed by atoms with Crippen molar-refractivity contribution in [3.05, 3.63) is 24.0 Å². The molecule has 0 aliphatic carbocycles. The van der Waals surface area contributed by atoms with Crippen molar-refractivity contribution in [1.29, 1.82) is 0 Å². The molecule has 0 bridgehead atoms. The highest BCUT2D eigenvalue weighted by Gasteiger charge is 2.13. The second-order valence-corrected chi connectivity index (χ2v) is 4.71. The van der Waals surface area contributed by atoms with Crippen LogP contribution in [0.1, 0.15) is 26.2 Å². The van der Waals surface area contributed by atoms with E-state index < -0.39 is 5.82 Å². The van der Waals surface area contributed by atoms with Gasteiger partial charge in [-0.1, -0.05) is 19.4 Å². The van der Waals surface area contributed by atoms with Gasteiger partial charge in [-0.2, -0.15) is 4.98 Å². The van der Waals surface area contributed by atoms with E-state index in [0.717, 1.165) is 12.8 Å². The average Bonchev–Trinajstić information content (AvgIpc) is 2.40. The van der Waals surface area contributed by atoms with E-state index in [4.69, 9.17) is 10.8 Å². The number of nitrogens with zero attached hydrogens (tertiary/aromatic N) is 2. The maximum atomic E-state index is 13.8. The number of para-hydroxylation sites is 1. The van der Waals surface area contributed by atoms with Crippen molar-refractivity contribution in [2.75, 3.05) is 17.7 Å². The largest absolute Gasteiger partial charge is 0.396 e. The summed E-state index contributed by atoms with van der Waals surface area (Å²) in [4.78, 5) is 8.09. The van der Waals surface area contributed by atoms with Gasteiger partial charge in [-0.3, -0.25) is 0 Å². The smallest absolute Gasteiger partial charge is 0.222 e. The van der Waals surface area contributed by atoms with Gasteiger partial charge in [0.25, 0.3) is 0 Å². The lowest BCUT2D eigenvalue weighted by Gasteiger charge is -2.19. The first-order valence-corrected chi connectivity index (χ1v) is 6.74. The molecule has 0 aliphatic rings. The third kappa shape index (κ3) is 3.14. The zero-order valence-electron chi connectivity index (χ0n) is 11.4. The van der Waals surface area contributed by atoms with Gasteiger partial charge in [-0.15, -0.1) is 0 Å². The zero-order chi connectivity index (χ0) is 14.5. The molecule has 6 heteroatoms. The van der Waals surface area contributed by atoms with Crippen molar-refractivity contribution in [3.8, 4) is 0 Å². The van der Waals surface area contributed by atoms with Gasteiger partial charge in [0.1, 0.15) is 17.2 Å². The number of hydrogen-bond acceptors (Lipinski definition) is 5. The maximum Gasteiger partial charge on any atom is 0.222 e. The van der Waals surface area contributed by atoms with Crippen molar-refractivity contribution >= 4 is 22.7 Å². The summed E-state index contributed by atoms with van der Waals surface area (Å²) in [5.74, 6) is 0.122. The summed E-state index contributed by atoms with van der Waals surface area (Å²) < 4.78 is 13.8. The second kappa shape index (κ2) is 6.47. The first-order valence-electron chi connectivity index (χ1n) is 6.74. The molecule has 1 aromatic heterocycles. The quantitative estimate of drug-likeness (QED) is 0.755. The summed E-state index contributed by atoms with van der Waals surface area (Å²) in [7, 11) is 0. The Labute approximate surface area is 117 Å². The molecule has 1 heterocycles. The van der Waals surface area contributed by atoms with Gasteiger partial charge in [0, 0.05) is 18.0 Å². The molecule has 2 rings (SSSR count). The minimum atomic E-state index is -0.422. The molecule has 0 saturated carbocycles. The summed E-state index contributed by atoms with van der Waals surface area (Å²) >= 11 is 0. The molecule has 0 amide bonds. The van der Waals surface area contributed by atoms with Crippen LogP contribution in [0.3, 0.4) is 0 Å². The predicted molar refractivity (Wildman–Crippen MR) is 77.9 cm³/mol. The normalized spacial score (nSPS) is 12.6. The summed E-state index contributed by atoms with van der Waals surface area (Å²) in [5.41, 5.74) is 5.85. The Morgan fingerprint density at radius 2 is 2.15 bits per heavy atom. The van der Waals surface area contributed by atoms with E-state index in [1.165, 1.54) is 6.07 Å². The Morgan fingerprint density at radius 1 is 1.35 bits per heavy atom. The lowest BCUT2D eigenvalue weighted by molar-refractivity contribution is 0.276. The van der Waals surface area contributed by atoms with Crippen LogP contribution in [0.25, 0.3) is 10.9 Å². The monoisotopic (exact) mass is 278 g/mol. The molecule has 2 aromatic rings. The number of rotatable bonds is 6. The van der Waals surface area contributed by atoms with Crippen LogP contribution < -0.4 is 11.1 Å². The van der Waals surface area contributed by atoms with Gasteiger partial charge in [-0.05, 0) is 25.0 Å². The Kier molecular flexibility index (Phi) is 4.68. The van der Waals surface area contributed by atoms with Gasteiger partial charge in [0.15, 0.2) is 0 Å². The van der Waals surface area contributed by atoms with E-state index in [1.54, 1.807) is 12.1 Å². The number of halogens is 1. The van der Waals surface area contributed by atoms with E-state index in [-0.39, 0.29) is 24.1 Å². The van der Waals surface area contributed by atoms with Crippen molar-refractivity contribution in [3.63, 3.8) is 0 Å². The Hall–Kier alpha value is -1.95. The molecule has 20 heavy (non-hydrogen) atoms. The molecule has 1 atom stereocenters. The molecule has 0 fully saturated rings. The maximum absolute atomic E-state index is 13.8. The van der Waals surface area contributed by atoms with E-state index in [0.29, 0.717) is 17.6 Å². The third-order valence-corrected chi connectivity index (χ3v) is 3.15. The number of anilines is 2. The van der Waals surface area contributed by atoms with Crippen LogP contribution in [-0.2, 0) is 0 Å². The first-order chi connectivity index (χ1) is 9.65. The molecule has 0 aliphatic heterocycles. The van der Waals surface area contributed by atoms with Crippen LogP contribution in [0, 0.1) is 5.82 Å². The lowest BCUT2D eigenvalue weighted by atomic mass is 10.1. The zero-order valence-corrected chi connectivity index (χ0v) is 11.4. The molecule has 4 N–H and O–H groups in total. The molecule has 0 saturated heterocycles. The van der Waals surface area contributed by atoms with Gasteiger partial charge in [0.05, 0.1) is 0 Å². The second-order valence-electron chi connectivity index (χ2n) is 4.71. The molecule has 1 aromatic carbocycles. The predicted octanol–water partition coefficient (Wildman–Crippen LogP) is 2.31. The Balaban J connectivity index is 2.40. The highest BCUT2D eigenvalue weighted by Crippen LogP contribution is 2.24. The van der Waals surface area contributed by atoms with Crippen LogP contribution in [0.2, 0.25) is 0 Å². The number of nitrogens with one attached hydrogen (secondary N) is 1. The summed E-state index contributed by atoms with van der Waals surface area (Å²) in [6.45, 7) is 2.16. The molecule has 0 spiro atoms. The lowest BCUT2D eigenvalue weighted by Crippen LogP contribution is -2.22. The number of aliphatic hydroxyl groups excluding tert-OH is 1. The van der Waals surface area contributed by atoms with Gasteiger partial charge < -0.3 is 16.2 Å². The van der Waals surface area contributed by atoms with Crippen LogP contribution in [0.4, 0.5) is 16.2 Å². The number of benzene rings is 1. The van der Waals surface area contributed by atoms with Gasteiger partial charge >= 0.3 is 0 Å². The number of nitrogens with two attached hydrogens (primary N) is 1. The summed E-state index contributed by atoms with van der Waals surface area (Å²) in [6.07, 6.45) is 2.47. The van der Waals surface area contributed by atoms with E-state index in [9.17, 15) is 4.39 Å². The summed E-state index contributed by atoms with van der Waals surface area (Å²) in [6, 6.07) is 4.78. The van der Waals surface area contributed by atoms with E-state index in [2.05, 4.69) is 22.2 Å². The fourth-order valence-electron chi connectivity index (χ4n) is 2.23.